The molecule has 0 saturated carbocycles. The van der Waals surface area contributed by atoms with Gasteiger partial charge in [0.05, 0.1) is 6.67 Å². The lowest BCUT2D eigenvalue weighted by Gasteiger charge is -2.27. The van der Waals surface area contributed by atoms with E-state index in [4.69, 9.17) is 0 Å². The van der Waals surface area contributed by atoms with Gasteiger partial charge in [-0.3, -0.25) is 14.3 Å². The average Bonchev–Trinajstić information content (AvgIpc) is 2.64. The number of aromatic nitrogens is 2. The van der Waals surface area contributed by atoms with E-state index >= 15 is 0 Å². The Bertz CT molecular complexity index is 765. The van der Waals surface area contributed by atoms with Crippen LogP contribution in [0.25, 0.3) is 11.4 Å². The number of hydrogen-bond donors (Lipinski definition) is 2. The van der Waals surface area contributed by atoms with Crippen LogP contribution >= 0.6 is 0 Å². The maximum absolute atomic E-state index is 12.8. The number of anilines is 1. The second-order valence-electron chi connectivity index (χ2n) is 5.73. The van der Waals surface area contributed by atoms with Crippen molar-refractivity contribution in [1.29, 1.82) is 0 Å². The van der Waals surface area contributed by atoms with Crippen molar-refractivity contribution in [2.24, 2.45) is 12.0 Å². The number of rotatable bonds is 5. The summed E-state index contributed by atoms with van der Waals surface area (Å²) in [5.74, 6) is 0.919. The van der Waals surface area contributed by atoms with Gasteiger partial charge in [-0.25, -0.2) is 9.98 Å². The van der Waals surface area contributed by atoms with E-state index in [1.807, 2.05) is 30.3 Å². The normalized spacial score (nSPS) is 15.2. The maximum Gasteiger partial charge on any atom is 0.279 e. The highest BCUT2D eigenvalue weighted by Gasteiger charge is 2.16. The third-order valence-electron chi connectivity index (χ3n) is 4.14. The first-order valence-corrected chi connectivity index (χ1v) is 8.01. The van der Waals surface area contributed by atoms with Crippen molar-refractivity contribution >= 4 is 18.2 Å². The number of nitrogens with zero attached hydrogens (tertiary/aromatic N) is 4. The van der Waals surface area contributed by atoms with E-state index in [2.05, 4.69) is 32.2 Å². The molecule has 1 aliphatic rings. The molecule has 126 valence electrons. The quantitative estimate of drug-likeness (QED) is 0.804. The number of piperazine rings is 1. The van der Waals surface area contributed by atoms with Crippen molar-refractivity contribution in [3.05, 3.63) is 40.7 Å². The Balaban J connectivity index is 1.91. The van der Waals surface area contributed by atoms with E-state index in [1.165, 1.54) is 0 Å². The second-order valence-corrected chi connectivity index (χ2v) is 5.73. The highest BCUT2D eigenvalue weighted by molar-refractivity contribution is 5.67. The van der Waals surface area contributed by atoms with Gasteiger partial charge in [-0.05, 0) is 6.72 Å². The van der Waals surface area contributed by atoms with Crippen LogP contribution < -0.4 is 16.2 Å². The Morgan fingerprint density at radius 2 is 2.00 bits per heavy atom. The van der Waals surface area contributed by atoms with Crippen LogP contribution in [-0.2, 0) is 7.05 Å². The van der Waals surface area contributed by atoms with Crippen LogP contribution in [0.2, 0.25) is 0 Å². The molecular formula is C17H22N6O. The molecule has 0 spiro atoms. The molecule has 0 unspecified atom stereocenters. The van der Waals surface area contributed by atoms with E-state index in [0.29, 0.717) is 24.0 Å². The van der Waals surface area contributed by atoms with Crippen LogP contribution in [0.1, 0.15) is 0 Å². The standard InChI is InChI=1S/C17H22N6O/c1-18-15-14(20-12-23-10-8-19-9-11-23)17(24)22(2)16(21-15)13-6-4-3-5-7-13/h3-7,19-20H,1,8-12H2,2H3. The first-order valence-electron chi connectivity index (χ1n) is 8.01. The molecule has 2 aromatic rings. The van der Waals surface area contributed by atoms with Crippen LogP contribution in [0, 0.1) is 0 Å². The molecule has 0 bridgehead atoms. The monoisotopic (exact) mass is 326 g/mol. The van der Waals surface area contributed by atoms with Crippen molar-refractivity contribution in [3.63, 3.8) is 0 Å². The van der Waals surface area contributed by atoms with E-state index in [0.717, 1.165) is 31.7 Å². The molecule has 7 heteroatoms. The molecule has 0 atom stereocenters. The van der Waals surface area contributed by atoms with Gasteiger partial charge in [0.25, 0.3) is 5.56 Å². The molecular weight excluding hydrogens is 304 g/mol. The van der Waals surface area contributed by atoms with E-state index in [-0.39, 0.29) is 5.56 Å². The third-order valence-corrected chi connectivity index (χ3v) is 4.14. The Morgan fingerprint density at radius 3 is 2.67 bits per heavy atom. The van der Waals surface area contributed by atoms with Gasteiger partial charge in [0.2, 0.25) is 0 Å². The molecule has 1 saturated heterocycles. The summed E-state index contributed by atoms with van der Waals surface area (Å²) in [6.45, 7) is 7.96. The van der Waals surface area contributed by atoms with Crippen LogP contribution in [-0.4, -0.2) is 54.0 Å². The predicted molar refractivity (Wildman–Crippen MR) is 97.1 cm³/mol. The summed E-state index contributed by atoms with van der Waals surface area (Å²) in [7, 11) is 1.72. The van der Waals surface area contributed by atoms with E-state index < -0.39 is 0 Å². The minimum absolute atomic E-state index is 0.151. The van der Waals surface area contributed by atoms with Gasteiger partial charge in [0, 0.05) is 38.8 Å². The zero-order valence-electron chi connectivity index (χ0n) is 13.8. The van der Waals surface area contributed by atoms with Gasteiger partial charge in [-0.15, -0.1) is 0 Å². The average molecular weight is 326 g/mol. The lowest BCUT2D eigenvalue weighted by Crippen LogP contribution is -2.45. The zero-order valence-corrected chi connectivity index (χ0v) is 13.8. The van der Waals surface area contributed by atoms with Crippen molar-refractivity contribution in [2.45, 2.75) is 0 Å². The molecule has 2 heterocycles. The van der Waals surface area contributed by atoms with Gasteiger partial charge in [-0.1, -0.05) is 30.3 Å². The highest BCUT2D eigenvalue weighted by Crippen LogP contribution is 2.23. The maximum atomic E-state index is 12.8. The summed E-state index contributed by atoms with van der Waals surface area (Å²) in [6, 6.07) is 9.60. The minimum atomic E-state index is -0.151. The molecule has 1 aromatic heterocycles. The van der Waals surface area contributed by atoms with Crippen molar-refractivity contribution in [1.82, 2.24) is 19.8 Å². The zero-order chi connectivity index (χ0) is 16.9. The fourth-order valence-electron chi connectivity index (χ4n) is 2.77. The fraction of sp³-hybridized carbons (Fsp3) is 0.353. The predicted octanol–water partition coefficient (Wildman–Crippen LogP) is 1.05. The molecule has 2 N–H and O–H groups in total. The molecule has 7 nitrogen and oxygen atoms in total. The van der Waals surface area contributed by atoms with Crippen molar-refractivity contribution in [3.8, 4) is 11.4 Å². The van der Waals surface area contributed by atoms with Crippen molar-refractivity contribution < 1.29 is 0 Å². The van der Waals surface area contributed by atoms with E-state index in [9.17, 15) is 4.79 Å². The molecule has 0 radical (unpaired) electrons. The molecule has 0 aliphatic carbocycles. The number of hydrogen-bond acceptors (Lipinski definition) is 6. The van der Waals surface area contributed by atoms with Gasteiger partial charge >= 0.3 is 0 Å². The first kappa shape index (κ1) is 16.4. The van der Waals surface area contributed by atoms with Gasteiger partial charge in [-0.2, -0.15) is 0 Å². The van der Waals surface area contributed by atoms with Gasteiger partial charge in [0.15, 0.2) is 5.82 Å². The molecule has 24 heavy (non-hydrogen) atoms. The third kappa shape index (κ3) is 3.37. The van der Waals surface area contributed by atoms with Crippen LogP contribution in [0.4, 0.5) is 11.5 Å². The molecule has 1 aliphatic heterocycles. The Hall–Kier alpha value is -2.51. The minimum Gasteiger partial charge on any atom is -0.365 e. The Labute approximate surface area is 141 Å². The van der Waals surface area contributed by atoms with E-state index in [1.54, 1.807) is 11.6 Å². The molecule has 3 rings (SSSR count). The summed E-state index contributed by atoms with van der Waals surface area (Å²) >= 11 is 0. The fourth-order valence-corrected chi connectivity index (χ4v) is 2.77. The van der Waals surface area contributed by atoms with Gasteiger partial charge in [0.1, 0.15) is 11.5 Å². The molecule has 0 amide bonds. The first-order chi connectivity index (χ1) is 11.7. The second kappa shape index (κ2) is 7.37. The summed E-state index contributed by atoms with van der Waals surface area (Å²) in [4.78, 5) is 23.5. The summed E-state index contributed by atoms with van der Waals surface area (Å²) in [6.07, 6.45) is 0. The number of benzene rings is 1. The van der Waals surface area contributed by atoms with Crippen molar-refractivity contribution in [2.75, 3.05) is 38.2 Å². The number of aliphatic imine (C=N–C) groups is 1. The largest absolute Gasteiger partial charge is 0.365 e. The Morgan fingerprint density at radius 1 is 1.29 bits per heavy atom. The number of nitrogens with one attached hydrogen (secondary N) is 2. The SMILES string of the molecule is C=Nc1nc(-c2ccccc2)n(C)c(=O)c1NCN1CCNCC1. The molecule has 1 aromatic carbocycles. The van der Waals surface area contributed by atoms with Crippen LogP contribution in [0.3, 0.4) is 0 Å². The lowest BCUT2D eigenvalue weighted by molar-refractivity contribution is 0.256. The summed E-state index contributed by atoms with van der Waals surface area (Å²) < 4.78 is 1.55. The summed E-state index contributed by atoms with van der Waals surface area (Å²) in [5, 5.41) is 6.50. The van der Waals surface area contributed by atoms with Crippen LogP contribution in [0.5, 0.6) is 0 Å². The molecule has 1 fully saturated rings. The Kier molecular flexibility index (Phi) is 5.02. The van der Waals surface area contributed by atoms with Gasteiger partial charge < -0.3 is 10.6 Å². The van der Waals surface area contributed by atoms with Crippen LogP contribution in [0.15, 0.2) is 40.1 Å². The lowest BCUT2D eigenvalue weighted by atomic mass is 10.2. The highest BCUT2D eigenvalue weighted by atomic mass is 16.1. The smallest absolute Gasteiger partial charge is 0.279 e. The topological polar surface area (TPSA) is 74.5 Å². The summed E-state index contributed by atoms with van der Waals surface area (Å²) in [5.41, 5.74) is 1.11.